The zero-order valence-electron chi connectivity index (χ0n) is 19.1. The van der Waals surface area contributed by atoms with Crippen molar-refractivity contribution in [3.8, 4) is 11.5 Å². The first kappa shape index (κ1) is 25.0. The summed E-state index contributed by atoms with van der Waals surface area (Å²) in [4.78, 5) is 38.5. The van der Waals surface area contributed by atoms with Gasteiger partial charge in [-0.3, -0.25) is 19.8 Å². The average molecular weight is 527 g/mol. The van der Waals surface area contributed by atoms with Gasteiger partial charge >= 0.3 is 5.97 Å². The van der Waals surface area contributed by atoms with E-state index in [4.69, 9.17) is 37.7 Å². The predicted octanol–water partition coefficient (Wildman–Crippen LogP) is 4.14. The molecule has 0 spiro atoms. The second-order valence-corrected chi connectivity index (χ2v) is 8.22. The second-order valence-electron chi connectivity index (χ2n) is 7.39. The van der Waals surface area contributed by atoms with Crippen LogP contribution in [0.1, 0.15) is 21.9 Å². The normalized spacial score (nSPS) is 14.6. The van der Waals surface area contributed by atoms with Gasteiger partial charge in [-0.2, -0.15) is 0 Å². The molecule has 1 aliphatic rings. The minimum Gasteiger partial charge on any atom is -0.493 e. The first-order chi connectivity index (χ1) is 17.3. The van der Waals surface area contributed by atoms with Gasteiger partial charge < -0.3 is 18.6 Å². The molecule has 4 rings (SSSR count). The molecule has 1 aromatic heterocycles. The average Bonchev–Trinajstić information content (AvgIpc) is 3.34. The Hall–Kier alpha value is -4.15. The molecule has 1 N–H and O–H groups in total. The number of hydrogen-bond acceptors (Lipinski definition) is 8. The lowest BCUT2D eigenvalue weighted by Crippen LogP contribution is -2.54. The van der Waals surface area contributed by atoms with Crippen molar-refractivity contribution in [1.82, 2.24) is 5.32 Å². The fraction of sp³-hybridized carbons (Fsp3) is 0.120. The number of thiocarbonyl (C=S) groups is 1. The van der Waals surface area contributed by atoms with Gasteiger partial charge in [0.25, 0.3) is 11.8 Å². The molecule has 11 heteroatoms. The quantitative estimate of drug-likeness (QED) is 0.212. The number of benzene rings is 2. The summed E-state index contributed by atoms with van der Waals surface area (Å²) in [6.45, 7) is 0.0285. The lowest BCUT2D eigenvalue weighted by atomic mass is 10.1. The Kier molecular flexibility index (Phi) is 7.37. The Morgan fingerprint density at radius 1 is 1.11 bits per heavy atom. The van der Waals surface area contributed by atoms with E-state index in [-0.39, 0.29) is 23.1 Å². The number of ether oxygens (including phenoxy) is 3. The van der Waals surface area contributed by atoms with Crippen molar-refractivity contribution >= 4 is 58.5 Å². The Balaban J connectivity index is 1.56. The number of halogens is 1. The number of carbonyl (C=O) groups excluding carboxylic acids is 3. The molecule has 0 unspecified atom stereocenters. The lowest BCUT2D eigenvalue weighted by Gasteiger charge is -2.29. The van der Waals surface area contributed by atoms with E-state index >= 15 is 0 Å². The molecule has 2 aromatic carbocycles. The Labute approximate surface area is 216 Å². The predicted molar refractivity (Wildman–Crippen MR) is 135 cm³/mol. The summed E-state index contributed by atoms with van der Waals surface area (Å²) in [7, 11) is 2.72. The van der Waals surface area contributed by atoms with E-state index in [0.717, 1.165) is 0 Å². The molecule has 3 aromatic rings. The number of hydrogen-bond donors (Lipinski definition) is 1. The maximum atomic E-state index is 13.2. The molecule has 0 atom stereocenters. The van der Waals surface area contributed by atoms with Crippen molar-refractivity contribution in [3.63, 3.8) is 0 Å². The van der Waals surface area contributed by atoms with Crippen molar-refractivity contribution in [2.24, 2.45) is 0 Å². The molecule has 2 heterocycles. The Bertz CT molecular complexity index is 1400. The molecule has 0 aliphatic carbocycles. The highest BCUT2D eigenvalue weighted by atomic mass is 35.5. The minimum absolute atomic E-state index is 0.0285. The van der Waals surface area contributed by atoms with Crippen LogP contribution in [-0.4, -0.2) is 37.1 Å². The van der Waals surface area contributed by atoms with Crippen molar-refractivity contribution < 1.29 is 33.0 Å². The number of esters is 1. The molecule has 2 amide bonds. The lowest BCUT2D eigenvalue weighted by molar-refractivity contribution is -0.122. The second kappa shape index (κ2) is 10.6. The zero-order valence-corrected chi connectivity index (χ0v) is 20.6. The highest BCUT2D eigenvalue weighted by molar-refractivity contribution is 7.80. The fourth-order valence-corrected chi connectivity index (χ4v) is 3.85. The largest absolute Gasteiger partial charge is 0.493 e. The van der Waals surface area contributed by atoms with Crippen LogP contribution in [0.2, 0.25) is 5.02 Å². The molecule has 36 heavy (non-hydrogen) atoms. The van der Waals surface area contributed by atoms with Crippen LogP contribution in [0.3, 0.4) is 0 Å². The van der Waals surface area contributed by atoms with Crippen molar-refractivity contribution in [1.29, 1.82) is 0 Å². The SMILES string of the molecule is COC(=O)c1ccc(COc2ccc(C=C3C(=O)NC(=S)N(c4cccc(Cl)c4)C3=O)cc2OC)o1. The van der Waals surface area contributed by atoms with Crippen molar-refractivity contribution in [3.05, 3.63) is 82.3 Å². The van der Waals surface area contributed by atoms with Crippen LogP contribution < -0.4 is 19.7 Å². The first-order valence-electron chi connectivity index (χ1n) is 10.5. The topological polar surface area (TPSA) is 107 Å². The standard InChI is InChI=1S/C25H19ClN2O7S/c1-32-21-11-14(6-8-19(21)34-13-17-7-9-20(35-17)24(31)33-2)10-18-22(29)27-25(36)28(23(18)30)16-5-3-4-15(26)12-16/h3-12H,13H2,1-2H3,(H,27,29,36). The molecule has 0 radical (unpaired) electrons. The molecule has 1 aliphatic heterocycles. The smallest absolute Gasteiger partial charge is 0.373 e. The van der Waals surface area contributed by atoms with E-state index in [1.165, 1.54) is 31.3 Å². The number of carbonyl (C=O) groups is 3. The molecule has 184 valence electrons. The van der Waals surface area contributed by atoms with E-state index in [1.54, 1.807) is 48.5 Å². The van der Waals surface area contributed by atoms with Gasteiger partial charge in [0.2, 0.25) is 5.76 Å². The first-order valence-corrected chi connectivity index (χ1v) is 11.2. The summed E-state index contributed by atoms with van der Waals surface area (Å²) in [5, 5.41) is 2.90. The molecule has 0 bridgehead atoms. The van der Waals surface area contributed by atoms with Gasteiger partial charge in [-0.15, -0.1) is 0 Å². The van der Waals surface area contributed by atoms with Crippen LogP contribution in [0.25, 0.3) is 6.08 Å². The summed E-state index contributed by atoms with van der Waals surface area (Å²) in [6.07, 6.45) is 1.43. The Morgan fingerprint density at radius 3 is 2.64 bits per heavy atom. The number of nitrogens with one attached hydrogen (secondary N) is 1. The maximum absolute atomic E-state index is 13.2. The number of nitrogens with zero attached hydrogens (tertiary/aromatic N) is 1. The van der Waals surface area contributed by atoms with Gasteiger partial charge in [-0.25, -0.2) is 4.79 Å². The van der Waals surface area contributed by atoms with Crippen LogP contribution in [-0.2, 0) is 20.9 Å². The van der Waals surface area contributed by atoms with Gasteiger partial charge in [0.1, 0.15) is 17.9 Å². The van der Waals surface area contributed by atoms with E-state index < -0.39 is 17.8 Å². The van der Waals surface area contributed by atoms with E-state index in [0.29, 0.717) is 33.5 Å². The number of methoxy groups -OCH3 is 2. The monoisotopic (exact) mass is 526 g/mol. The van der Waals surface area contributed by atoms with Crippen molar-refractivity contribution in [2.75, 3.05) is 19.1 Å². The van der Waals surface area contributed by atoms with Crippen LogP contribution in [0, 0.1) is 0 Å². The van der Waals surface area contributed by atoms with Crippen LogP contribution in [0.15, 0.2) is 64.6 Å². The summed E-state index contributed by atoms with van der Waals surface area (Å²) in [5.41, 5.74) is 0.825. The van der Waals surface area contributed by atoms with Gasteiger partial charge in [-0.1, -0.05) is 23.7 Å². The molecule has 1 saturated heterocycles. The van der Waals surface area contributed by atoms with Gasteiger partial charge in [0.15, 0.2) is 16.6 Å². The van der Waals surface area contributed by atoms with Gasteiger partial charge in [-0.05, 0) is 66.3 Å². The third kappa shape index (κ3) is 5.24. The summed E-state index contributed by atoms with van der Waals surface area (Å²) < 4.78 is 21.2. The third-order valence-corrected chi connectivity index (χ3v) is 5.60. The van der Waals surface area contributed by atoms with Gasteiger partial charge in [0.05, 0.1) is 19.9 Å². The summed E-state index contributed by atoms with van der Waals surface area (Å²) in [6, 6.07) is 14.6. The summed E-state index contributed by atoms with van der Waals surface area (Å²) >= 11 is 11.3. The molecule has 0 saturated carbocycles. The van der Waals surface area contributed by atoms with E-state index in [2.05, 4.69) is 10.1 Å². The maximum Gasteiger partial charge on any atom is 0.373 e. The van der Waals surface area contributed by atoms with Crippen LogP contribution in [0.4, 0.5) is 5.69 Å². The molecular formula is C25H19ClN2O7S. The van der Waals surface area contributed by atoms with Crippen LogP contribution >= 0.6 is 23.8 Å². The fourth-order valence-electron chi connectivity index (χ4n) is 3.38. The highest BCUT2D eigenvalue weighted by Crippen LogP contribution is 2.31. The molecular weight excluding hydrogens is 508 g/mol. The van der Waals surface area contributed by atoms with Gasteiger partial charge in [0, 0.05) is 5.02 Å². The molecule has 9 nitrogen and oxygen atoms in total. The number of rotatable bonds is 7. The van der Waals surface area contributed by atoms with Crippen molar-refractivity contribution in [2.45, 2.75) is 6.61 Å². The summed E-state index contributed by atoms with van der Waals surface area (Å²) in [5.74, 6) is -0.595. The number of amides is 2. The Morgan fingerprint density at radius 2 is 1.92 bits per heavy atom. The number of anilines is 1. The van der Waals surface area contributed by atoms with Crippen LogP contribution in [0.5, 0.6) is 11.5 Å². The van der Waals surface area contributed by atoms with E-state index in [1.807, 2.05) is 0 Å². The molecule has 1 fully saturated rings. The highest BCUT2D eigenvalue weighted by Gasteiger charge is 2.34. The van der Waals surface area contributed by atoms with E-state index in [9.17, 15) is 14.4 Å². The number of furan rings is 1. The minimum atomic E-state index is -0.623. The zero-order chi connectivity index (χ0) is 25.8. The third-order valence-electron chi connectivity index (χ3n) is 5.08.